The van der Waals surface area contributed by atoms with Gasteiger partial charge in [0.05, 0.1) is 5.56 Å². The molecule has 1 heterocycles. The number of amides is 1. The summed E-state index contributed by atoms with van der Waals surface area (Å²) in [7, 11) is 0. The zero-order valence-corrected chi connectivity index (χ0v) is 16.6. The number of benzene rings is 2. The van der Waals surface area contributed by atoms with E-state index in [1.807, 2.05) is 19.9 Å². The normalized spacial score (nSPS) is 11.5. The van der Waals surface area contributed by atoms with Crippen LogP contribution in [0, 0.1) is 0 Å². The Hall–Kier alpha value is -2.87. The van der Waals surface area contributed by atoms with Gasteiger partial charge in [-0.2, -0.15) is 13.2 Å². The SMILES string of the molecule is CC(C)NC(=O)c1csc(-c2cccc(OCc3cccc(C(F)(F)F)c3)c2)n1. The average Bonchev–Trinajstić information content (AvgIpc) is 3.16. The first-order valence-corrected chi connectivity index (χ1v) is 9.76. The Balaban J connectivity index is 1.71. The van der Waals surface area contributed by atoms with Crippen LogP contribution in [0.25, 0.3) is 10.6 Å². The fourth-order valence-electron chi connectivity index (χ4n) is 2.57. The van der Waals surface area contributed by atoms with E-state index in [1.54, 1.807) is 29.6 Å². The highest BCUT2D eigenvalue weighted by Crippen LogP contribution is 2.30. The van der Waals surface area contributed by atoms with Gasteiger partial charge in [0, 0.05) is 17.0 Å². The second-order valence-corrected chi connectivity index (χ2v) is 7.54. The lowest BCUT2D eigenvalue weighted by atomic mass is 10.1. The molecule has 3 aromatic rings. The molecule has 0 saturated carbocycles. The number of alkyl halides is 3. The number of aromatic nitrogens is 1. The molecule has 1 N–H and O–H groups in total. The fourth-order valence-corrected chi connectivity index (χ4v) is 3.37. The van der Waals surface area contributed by atoms with Crippen molar-refractivity contribution in [2.75, 3.05) is 0 Å². The monoisotopic (exact) mass is 420 g/mol. The Morgan fingerprint density at radius 1 is 1.17 bits per heavy atom. The highest BCUT2D eigenvalue weighted by molar-refractivity contribution is 7.13. The lowest BCUT2D eigenvalue weighted by Crippen LogP contribution is -2.30. The quantitative estimate of drug-likeness (QED) is 0.569. The minimum absolute atomic E-state index is 0.00723. The van der Waals surface area contributed by atoms with Crippen molar-refractivity contribution in [3.63, 3.8) is 0 Å². The van der Waals surface area contributed by atoms with Crippen LogP contribution in [0.15, 0.2) is 53.9 Å². The van der Waals surface area contributed by atoms with Crippen molar-refractivity contribution in [3.05, 3.63) is 70.7 Å². The topological polar surface area (TPSA) is 51.2 Å². The van der Waals surface area contributed by atoms with Crippen molar-refractivity contribution in [2.24, 2.45) is 0 Å². The average molecular weight is 420 g/mol. The van der Waals surface area contributed by atoms with Crippen LogP contribution in [-0.2, 0) is 12.8 Å². The van der Waals surface area contributed by atoms with Gasteiger partial charge in [0.25, 0.3) is 5.91 Å². The van der Waals surface area contributed by atoms with Crippen LogP contribution in [-0.4, -0.2) is 16.9 Å². The van der Waals surface area contributed by atoms with Gasteiger partial charge in [0.2, 0.25) is 0 Å². The van der Waals surface area contributed by atoms with Crippen LogP contribution in [0.2, 0.25) is 0 Å². The number of hydrogen-bond acceptors (Lipinski definition) is 4. The molecule has 3 rings (SSSR count). The molecule has 0 spiro atoms. The minimum Gasteiger partial charge on any atom is -0.489 e. The molecule has 1 amide bonds. The van der Waals surface area contributed by atoms with Crippen molar-refractivity contribution in [3.8, 4) is 16.3 Å². The van der Waals surface area contributed by atoms with Gasteiger partial charge in [-0.3, -0.25) is 4.79 Å². The summed E-state index contributed by atoms with van der Waals surface area (Å²) in [5.74, 6) is 0.266. The smallest absolute Gasteiger partial charge is 0.416 e. The molecule has 4 nitrogen and oxygen atoms in total. The summed E-state index contributed by atoms with van der Waals surface area (Å²) < 4.78 is 44.1. The molecule has 0 radical (unpaired) electrons. The van der Waals surface area contributed by atoms with Gasteiger partial charge in [0.15, 0.2) is 0 Å². The molecule has 0 atom stereocenters. The summed E-state index contributed by atoms with van der Waals surface area (Å²) in [5, 5.41) is 5.13. The van der Waals surface area contributed by atoms with E-state index < -0.39 is 11.7 Å². The number of nitrogens with zero attached hydrogens (tertiary/aromatic N) is 1. The molecule has 0 aliphatic carbocycles. The van der Waals surface area contributed by atoms with Crippen molar-refractivity contribution in [1.82, 2.24) is 10.3 Å². The highest BCUT2D eigenvalue weighted by Gasteiger charge is 2.30. The summed E-state index contributed by atoms with van der Waals surface area (Å²) in [6.45, 7) is 3.75. The molecule has 1 aromatic heterocycles. The van der Waals surface area contributed by atoms with Gasteiger partial charge >= 0.3 is 6.18 Å². The number of hydrogen-bond donors (Lipinski definition) is 1. The minimum atomic E-state index is -4.39. The van der Waals surface area contributed by atoms with Gasteiger partial charge < -0.3 is 10.1 Å². The Morgan fingerprint density at radius 3 is 2.66 bits per heavy atom. The summed E-state index contributed by atoms with van der Waals surface area (Å²) >= 11 is 1.33. The Labute approximate surface area is 170 Å². The van der Waals surface area contributed by atoms with E-state index in [0.717, 1.165) is 17.7 Å². The lowest BCUT2D eigenvalue weighted by molar-refractivity contribution is -0.137. The van der Waals surface area contributed by atoms with Crippen molar-refractivity contribution in [2.45, 2.75) is 32.7 Å². The lowest BCUT2D eigenvalue weighted by Gasteiger charge is -2.10. The second kappa shape index (κ2) is 8.65. The fraction of sp³-hybridized carbons (Fsp3) is 0.238. The van der Waals surface area contributed by atoms with Crippen molar-refractivity contribution in [1.29, 1.82) is 0 Å². The molecule has 8 heteroatoms. The summed E-state index contributed by atoms with van der Waals surface area (Å²) in [4.78, 5) is 16.4. The summed E-state index contributed by atoms with van der Waals surface area (Å²) in [6, 6.07) is 12.1. The molecule has 152 valence electrons. The second-order valence-electron chi connectivity index (χ2n) is 6.68. The first kappa shape index (κ1) is 20.9. The van der Waals surface area contributed by atoms with Gasteiger partial charge in [0.1, 0.15) is 23.1 Å². The zero-order valence-electron chi connectivity index (χ0n) is 15.8. The maximum Gasteiger partial charge on any atom is 0.416 e. The van der Waals surface area contributed by atoms with E-state index in [0.29, 0.717) is 22.0 Å². The van der Waals surface area contributed by atoms with Gasteiger partial charge in [-0.05, 0) is 43.7 Å². The molecule has 0 aliphatic heterocycles. The predicted octanol–water partition coefficient (Wildman–Crippen LogP) is 5.55. The standard InChI is InChI=1S/C21H19F3N2O2S/c1-13(2)25-19(27)18-12-29-20(26-18)15-6-4-8-17(10-15)28-11-14-5-3-7-16(9-14)21(22,23)24/h3-10,12-13H,11H2,1-2H3,(H,25,27). The van der Waals surface area contributed by atoms with Crippen molar-refractivity contribution >= 4 is 17.2 Å². The molecule has 0 bridgehead atoms. The number of carbonyl (C=O) groups is 1. The van der Waals surface area contributed by atoms with Crippen LogP contribution >= 0.6 is 11.3 Å². The number of ether oxygens (including phenoxy) is 1. The van der Waals surface area contributed by atoms with E-state index in [2.05, 4.69) is 10.3 Å². The Morgan fingerprint density at radius 2 is 1.93 bits per heavy atom. The molecule has 0 aliphatic rings. The van der Waals surface area contributed by atoms with Crippen LogP contribution in [0.1, 0.15) is 35.5 Å². The Bertz CT molecular complexity index is 999. The third-order valence-corrected chi connectivity index (χ3v) is 4.79. The van der Waals surface area contributed by atoms with Crippen molar-refractivity contribution < 1.29 is 22.7 Å². The third kappa shape index (κ3) is 5.57. The predicted molar refractivity (Wildman–Crippen MR) is 106 cm³/mol. The number of thiazole rings is 1. The van der Waals surface area contributed by atoms with Gasteiger partial charge in [-0.1, -0.05) is 24.3 Å². The Kier molecular flexibility index (Phi) is 6.22. The number of carbonyl (C=O) groups excluding carboxylic acids is 1. The first-order valence-electron chi connectivity index (χ1n) is 8.88. The van der Waals surface area contributed by atoms with Crippen LogP contribution < -0.4 is 10.1 Å². The van der Waals surface area contributed by atoms with Crippen LogP contribution in [0.4, 0.5) is 13.2 Å². The highest BCUT2D eigenvalue weighted by atomic mass is 32.1. The molecule has 0 saturated heterocycles. The number of rotatable bonds is 6. The molecule has 29 heavy (non-hydrogen) atoms. The molecule has 0 fully saturated rings. The molecular formula is C21H19F3N2O2S. The van der Waals surface area contributed by atoms with E-state index >= 15 is 0 Å². The maximum atomic E-state index is 12.8. The van der Waals surface area contributed by atoms with Crippen LogP contribution in [0.5, 0.6) is 5.75 Å². The molecular weight excluding hydrogens is 401 g/mol. The summed E-state index contributed by atoms with van der Waals surface area (Å²) in [5.41, 5.74) is 0.823. The zero-order chi connectivity index (χ0) is 21.0. The largest absolute Gasteiger partial charge is 0.489 e. The van der Waals surface area contributed by atoms with Gasteiger partial charge in [-0.25, -0.2) is 4.98 Å². The van der Waals surface area contributed by atoms with E-state index in [9.17, 15) is 18.0 Å². The van der Waals surface area contributed by atoms with E-state index in [1.165, 1.54) is 17.4 Å². The van der Waals surface area contributed by atoms with Crippen LogP contribution in [0.3, 0.4) is 0 Å². The van der Waals surface area contributed by atoms with E-state index in [-0.39, 0.29) is 18.6 Å². The maximum absolute atomic E-state index is 12.8. The molecule has 0 unspecified atom stereocenters. The number of nitrogens with one attached hydrogen (secondary N) is 1. The summed E-state index contributed by atoms with van der Waals surface area (Å²) in [6.07, 6.45) is -4.39. The first-order chi connectivity index (χ1) is 13.7. The third-order valence-electron chi connectivity index (χ3n) is 3.90. The number of halogens is 3. The molecule has 2 aromatic carbocycles. The van der Waals surface area contributed by atoms with E-state index in [4.69, 9.17) is 4.74 Å². The van der Waals surface area contributed by atoms with Gasteiger partial charge in [-0.15, -0.1) is 11.3 Å².